The zero-order valence-electron chi connectivity index (χ0n) is 11.6. The smallest absolute Gasteiger partial charge is 0.123 e. The first-order valence-electron chi connectivity index (χ1n) is 7.48. The lowest BCUT2D eigenvalue weighted by molar-refractivity contribution is 0.209. The van der Waals surface area contributed by atoms with Gasteiger partial charge >= 0.3 is 0 Å². The maximum atomic E-state index is 6.19. The predicted molar refractivity (Wildman–Crippen MR) is 78.9 cm³/mol. The molecule has 2 aromatic rings. The Balaban J connectivity index is 1.51. The molecule has 104 valence electrons. The van der Waals surface area contributed by atoms with Crippen LogP contribution in [0.1, 0.15) is 35.6 Å². The highest BCUT2D eigenvalue weighted by molar-refractivity contribution is 5.37. The second kappa shape index (κ2) is 4.67. The van der Waals surface area contributed by atoms with Crippen LogP contribution in [0.15, 0.2) is 36.7 Å². The number of hydrogen-bond acceptors (Lipinski definition) is 2. The van der Waals surface area contributed by atoms with Gasteiger partial charge in [-0.15, -0.1) is 0 Å². The van der Waals surface area contributed by atoms with Crippen molar-refractivity contribution in [3.8, 4) is 5.75 Å². The molecular weight excluding hydrogens is 248 g/mol. The second-order valence-electron chi connectivity index (χ2n) is 5.99. The Morgan fingerprint density at radius 2 is 2.10 bits per heavy atom. The summed E-state index contributed by atoms with van der Waals surface area (Å²) in [4.78, 5) is 0. The largest absolute Gasteiger partial charge is 0.488 e. The minimum absolute atomic E-state index is 0.224. The topological polar surface area (TPSA) is 40.2 Å². The zero-order chi connectivity index (χ0) is 13.5. The Morgan fingerprint density at radius 1 is 1.20 bits per heavy atom. The standard InChI is InChI=1S/C17H20N2O/c18-16-6-3-5-13-9-19(11-15(13)16)10-14-8-12-4-1-2-7-17(12)20-14/h1-2,4,7,9,11,14,16H,3,5-6,8,10,18H2. The van der Waals surface area contributed by atoms with Gasteiger partial charge in [0.1, 0.15) is 11.9 Å². The fourth-order valence-corrected chi connectivity index (χ4v) is 3.48. The van der Waals surface area contributed by atoms with Gasteiger partial charge in [-0.3, -0.25) is 0 Å². The Bertz CT molecular complexity index is 607. The highest BCUT2D eigenvalue weighted by atomic mass is 16.5. The quantitative estimate of drug-likeness (QED) is 0.909. The fourth-order valence-electron chi connectivity index (χ4n) is 3.48. The van der Waals surface area contributed by atoms with E-state index in [1.54, 1.807) is 0 Å². The van der Waals surface area contributed by atoms with Crippen LogP contribution in [0, 0.1) is 0 Å². The van der Waals surface area contributed by atoms with Crippen molar-refractivity contribution in [3.63, 3.8) is 0 Å². The Labute approximate surface area is 119 Å². The van der Waals surface area contributed by atoms with Crippen LogP contribution in [0.3, 0.4) is 0 Å². The van der Waals surface area contributed by atoms with Crippen LogP contribution in [0.2, 0.25) is 0 Å². The van der Waals surface area contributed by atoms with Crippen molar-refractivity contribution in [1.82, 2.24) is 4.57 Å². The van der Waals surface area contributed by atoms with Gasteiger partial charge in [-0.2, -0.15) is 0 Å². The molecule has 2 N–H and O–H groups in total. The lowest BCUT2D eigenvalue weighted by atomic mass is 9.92. The molecule has 4 rings (SSSR count). The lowest BCUT2D eigenvalue weighted by Crippen LogP contribution is -2.20. The maximum Gasteiger partial charge on any atom is 0.123 e. The van der Waals surface area contributed by atoms with Gasteiger partial charge in [0.05, 0.1) is 6.54 Å². The van der Waals surface area contributed by atoms with E-state index in [-0.39, 0.29) is 12.1 Å². The molecule has 3 heteroatoms. The maximum absolute atomic E-state index is 6.19. The van der Waals surface area contributed by atoms with E-state index in [1.807, 2.05) is 6.07 Å². The molecule has 2 aliphatic rings. The molecule has 3 nitrogen and oxygen atoms in total. The number of fused-ring (bicyclic) bond motifs is 2. The van der Waals surface area contributed by atoms with E-state index in [9.17, 15) is 0 Å². The van der Waals surface area contributed by atoms with Crippen molar-refractivity contribution in [2.45, 2.75) is 44.4 Å². The van der Waals surface area contributed by atoms with Gasteiger partial charge in [0, 0.05) is 24.9 Å². The Kier molecular flexibility index (Phi) is 2.81. The van der Waals surface area contributed by atoms with E-state index in [2.05, 4.69) is 35.2 Å². The number of aromatic nitrogens is 1. The van der Waals surface area contributed by atoms with Gasteiger partial charge in [-0.1, -0.05) is 18.2 Å². The van der Waals surface area contributed by atoms with Gasteiger partial charge in [0.15, 0.2) is 0 Å². The molecule has 1 aliphatic carbocycles. The summed E-state index contributed by atoms with van der Waals surface area (Å²) >= 11 is 0. The van der Waals surface area contributed by atoms with E-state index in [1.165, 1.54) is 29.5 Å². The number of rotatable bonds is 2. The van der Waals surface area contributed by atoms with Crippen LogP contribution in [0.4, 0.5) is 0 Å². The van der Waals surface area contributed by atoms with E-state index in [0.29, 0.717) is 0 Å². The average molecular weight is 268 g/mol. The molecule has 0 spiro atoms. The summed E-state index contributed by atoms with van der Waals surface area (Å²) in [6.07, 6.45) is 9.24. The minimum atomic E-state index is 0.224. The number of nitrogens with two attached hydrogens (primary N) is 1. The summed E-state index contributed by atoms with van der Waals surface area (Å²) in [6, 6.07) is 8.56. The first-order valence-corrected chi connectivity index (χ1v) is 7.48. The van der Waals surface area contributed by atoms with Crippen LogP contribution in [-0.4, -0.2) is 10.7 Å². The molecule has 2 atom stereocenters. The summed E-state index contributed by atoms with van der Waals surface area (Å²) in [6.45, 7) is 0.911. The average Bonchev–Trinajstić information content (AvgIpc) is 3.02. The number of ether oxygens (including phenoxy) is 1. The lowest BCUT2D eigenvalue weighted by Gasteiger charge is -2.17. The molecule has 2 unspecified atom stereocenters. The molecular formula is C17H20N2O. The van der Waals surface area contributed by atoms with Crippen molar-refractivity contribution in [3.05, 3.63) is 53.3 Å². The van der Waals surface area contributed by atoms with Crippen LogP contribution in [0.25, 0.3) is 0 Å². The first kappa shape index (κ1) is 12.0. The number of nitrogens with zero attached hydrogens (tertiary/aromatic N) is 1. The van der Waals surface area contributed by atoms with Crippen LogP contribution in [0.5, 0.6) is 5.75 Å². The molecule has 0 fully saturated rings. The molecule has 0 amide bonds. The third-order valence-corrected chi connectivity index (χ3v) is 4.49. The van der Waals surface area contributed by atoms with Crippen LogP contribution >= 0.6 is 0 Å². The molecule has 1 aromatic carbocycles. The van der Waals surface area contributed by atoms with Crippen molar-refractivity contribution in [1.29, 1.82) is 0 Å². The van der Waals surface area contributed by atoms with Crippen molar-refractivity contribution < 1.29 is 4.74 Å². The monoisotopic (exact) mass is 268 g/mol. The van der Waals surface area contributed by atoms with Crippen molar-refractivity contribution in [2.75, 3.05) is 0 Å². The van der Waals surface area contributed by atoms with Gasteiger partial charge in [-0.25, -0.2) is 0 Å². The second-order valence-corrected chi connectivity index (χ2v) is 5.99. The molecule has 20 heavy (non-hydrogen) atoms. The summed E-state index contributed by atoms with van der Waals surface area (Å²) in [5.74, 6) is 1.05. The van der Waals surface area contributed by atoms with Gasteiger partial charge in [-0.05, 0) is 42.0 Å². The van der Waals surface area contributed by atoms with Gasteiger partial charge in [0.25, 0.3) is 0 Å². The number of benzene rings is 1. The third kappa shape index (κ3) is 2.02. The molecule has 1 aromatic heterocycles. The fraction of sp³-hybridized carbons (Fsp3) is 0.412. The molecule has 0 radical (unpaired) electrons. The molecule has 0 bridgehead atoms. The minimum Gasteiger partial charge on any atom is -0.488 e. The van der Waals surface area contributed by atoms with Crippen LogP contribution in [-0.2, 0) is 19.4 Å². The van der Waals surface area contributed by atoms with Gasteiger partial charge < -0.3 is 15.0 Å². The van der Waals surface area contributed by atoms with E-state index >= 15 is 0 Å². The molecule has 1 aliphatic heterocycles. The summed E-state index contributed by atoms with van der Waals surface area (Å²) < 4.78 is 8.29. The third-order valence-electron chi connectivity index (χ3n) is 4.49. The highest BCUT2D eigenvalue weighted by Gasteiger charge is 2.24. The Hall–Kier alpha value is -1.74. The summed E-state index contributed by atoms with van der Waals surface area (Å²) in [5.41, 5.74) is 10.3. The molecule has 0 saturated heterocycles. The van der Waals surface area contributed by atoms with E-state index in [0.717, 1.165) is 25.1 Å². The predicted octanol–water partition coefficient (Wildman–Crippen LogP) is 2.83. The summed E-state index contributed by atoms with van der Waals surface area (Å²) in [5, 5.41) is 0. The van der Waals surface area contributed by atoms with E-state index in [4.69, 9.17) is 10.5 Å². The van der Waals surface area contributed by atoms with Gasteiger partial charge in [0.2, 0.25) is 0 Å². The zero-order valence-corrected chi connectivity index (χ0v) is 11.6. The Morgan fingerprint density at radius 3 is 2.95 bits per heavy atom. The number of para-hydroxylation sites is 1. The molecule has 2 heterocycles. The number of hydrogen-bond donors (Lipinski definition) is 1. The van der Waals surface area contributed by atoms with Crippen molar-refractivity contribution >= 4 is 0 Å². The van der Waals surface area contributed by atoms with Crippen LogP contribution < -0.4 is 10.5 Å². The molecule has 0 saturated carbocycles. The SMILES string of the molecule is NC1CCCc2cn(CC3Cc4ccccc4O3)cc21. The van der Waals surface area contributed by atoms with E-state index < -0.39 is 0 Å². The summed E-state index contributed by atoms with van der Waals surface area (Å²) in [7, 11) is 0. The normalized spacial score (nSPS) is 24.1. The first-order chi connectivity index (χ1) is 9.79. The highest BCUT2D eigenvalue weighted by Crippen LogP contribution is 2.31. The number of aryl methyl sites for hydroxylation is 1. The van der Waals surface area contributed by atoms with Crippen molar-refractivity contribution in [2.24, 2.45) is 5.73 Å².